The molecule has 0 saturated carbocycles. The van der Waals surface area contributed by atoms with Gasteiger partial charge in [-0.3, -0.25) is 30.3 Å². The number of hydrogen-bond donors (Lipinski definition) is 0. The zero-order valence-electron chi connectivity index (χ0n) is 12.4. The summed E-state index contributed by atoms with van der Waals surface area (Å²) in [6.45, 7) is 0. The van der Waals surface area contributed by atoms with Crippen LogP contribution in [0.25, 0.3) is 0 Å². The fraction of sp³-hybridized carbons (Fsp3) is 0.200. The third kappa shape index (κ3) is 3.05. The number of benzene rings is 2. The first-order valence-corrected chi connectivity index (χ1v) is 6.96. The molecule has 2 aromatic carbocycles. The van der Waals surface area contributed by atoms with Crippen LogP contribution in [0.1, 0.15) is 16.7 Å². The molecule has 0 aliphatic carbocycles. The first kappa shape index (κ1) is 17.0. The Kier molecular flexibility index (Phi) is 4.83. The summed E-state index contributed by atoms with van der Waals surface area (Å²) in [5.41, 5.74) is 1.27. The number of nitro groups is 3. The molecule has 0 aliphatic heterocycles. The minimum Gasteiger partial charge on any atom is -0.252 e. The fourth-order valence-corrected chi connectivity index (χ4v) is 2.34. The van der Waals surface area contributed by atoms with E-state index in [1.165, 1.54) is 12.1 Å². The van der Waals surface area contributed by atoms with Crippen molar-refractivity contribution in [3.63, 3.8) is 0 Å². The Labute approximate surface area is 136 Å². The van der Waals surface area contributed by atoms with Crippen molar-refractivity contribution in [1.82, 2.24) is 0 Å². The van der Waals surface area contributed by atoms with Gasteiger partial charge in [-0.2, -0.15) is 0 Å². The summed E-state index contributed by atoms with van der Waals surface area (Å²) in [6.07, 6.45) is 1.32. The molecule has 2 rings (SSSR count). The van der Waals surface area contributed by atoms with Crippen LogP contribution in [0, 0.1) is 30.3 Å². The van der Waals surface area contributed by atoms with Gasteiger partial charge in [-0.25, -0.2) is 0 Å². The van der Waals surface area contributed by atoms with E-state index in [0.29, 0.717) is 12.8 Å². The van der Waals surface area contributed by atoms with Crippen molar-refractivity contribution in [2.24, 2.45) is 0 Å². The molecule has 0 aromatic heterocycles. The number of aryl methyl sites for hydroxylation is 2. The van der Waals surface area contributed by atoms with Crippen LogP contribution in [0.5, 0.6) is 0 Å². The molecule has 9 nitrogen and oxygen atoms in total. The molecule has 0 unspecified atom stereocenters. The standard InChI is InChI=1S/C15H13N3O6/c19-16(20)15(17(21)22,18(23)24)14-10-8-13(9-11-14)7-6-12-4-2-1-3-5-12/h1-5,8-11H,6-7H2. The quantitative estimate of drug-likeness (QED) is 0.435. The zero-order chi connectivity index (χ0) is 17.7. The van der Waals surface area contributed by atoms with Crippen LogP contribution in [-0.2, 0) is 18.6 Å². The van der Waals surface area contributed by atoms with Crippen molar-refractivity contribution >= 4 is 0 Å². The molecular weight excluding hydrogens is 318 g/mol. The van der Waals surface area contributed by atoms with Crippen LogP contribution in [0.2, 0.25) is 0 Å². The van der Waals surface area contributed by atoms with Gasteiger partial charge in [0.05, 0.1) is 0 Å². The van der Waals surface area contributed by atoms with Gasteiger partial charge in [-0.15, -0.1) is 0 Å². The maximum atomic E-state index is 11.0. The molecule has 0 fully saturated rings. The van der Waals surface area contributed by atoms with Crippen molar-refractivity contribution < 1.29 is 14.8 Å². The van der Waals surface area contributed by atoms with E-state index in [1.807, 2.05) is 30.3 Å². The average Bonchev–Trinajstić information content (AvgIpc) is 2.54. The second kappa shape index (κ2) is 6.82. The third-order valence-corrected chi connectivity index (χ3v) is 3.65. The summed E-state index contributed by atoms with van der Waals surface area (Å²) >= 11 is 0. The molecule has 0 radical (unpaired) electrons. The van der Waals surface area contributed by atoms with Crippen LogP contribution in [-0.4, -0.2) is 14.8 Å². The SMILES string of the molecule is O=[N+]([O-])C(c1ccc(CCc2ccccc2)cc1)([N+](=O)[O-])[N+](=O)[O-]. The molecule has 2 aromatic rings. The largest absolute Gasteiger partial charge is 0.728 e. The molecule has 0 saturated heterocycles. The normalized spacial score (nSPS) is 11.0. The molecular formula is C15H13N3O6. The second-order valence-corrected chi connectivity index (χ2v) is 5.09. The van der Waals surface area contributed by atoms with E-state index in [4.69, 9.17) is 0 Å². The van der Waals surface area contributed by atoms with Gasteiger partial charge >= 0.3 is 5.79 Å². The number of nitrogens with zero attached hydrogens (tertiary/aromatic N) is 3. The molecule has 0 atom stereocenters. The smallest absolute Gasteiger partial charge is 0.252 e. The molecule has 9 heteroatoms. The highest BCUT2D eigenvalue weighted by atomic mass is 16.7. The molecule has 0 N–H and O–H groups in total. The van der Waals surface area contributed by atoms with Gasteiger partial charge in [0.2, 0.25) is 0 Å². The monoisotopic (exact) mass is 331 g/mol. The van der Waals surface area contributed by atoms with Gasteiger partial charge in [0.25, 0.3) is 0 Å². The highest BCUT2D eigenvalue weighted by molar-refractivity contribution is 5.26. The van der Waals surface area contributed by atoms with Crippen LogP contribution in [0.15, 0.2) is 54.6 Å². The van der Waals surface area contributed by atoms with Gasteiger partial charge in [0.15, 0.2) is 20.3 Å². The average molecular weight is 331 g/mol. The van der Waals surface area contributed by atoms with E-state index in [-0.39, 0.29) is 0 Å². The van der Waals surface area contributed by atoms with Gasteiger partial charge < -0.3 is 0 Å². The molecule has 0 heterocycles. The first-order valence-electron chi connectivity index (χ1n) is 6.96. The first-order chi connectivity index (χ1) is 11.4. The Morgan fingerprint density at radius 3 is 1.50 bits per heavy atom. The van der Waals surface area contributed by atoms with Gasteiger partial charge in [0.1, 0.15) is 0 Å². The topological polar surface area (TPSA) is 129 Å². The lowest BCUT2D eigenvalue weighted by Crippen LogP contribution is -2.50. The molecule has 24 heavy (non-hydrogen) atoms. The Morgan fingerprint density at radius 1 is 0.667 bits per heavy atom. The Balaban J connectivity index is 2.25. The van der Waals surface area contributed by atoms with Gasteiger partial charge in [-0.05, 0) is 36.1 Å². The fourth-order valence-electron chi connectivity index (χ4n) is 2.34. The molecule has 0 amide bonds. The predicted octanol–water partition coefficient (Wildman–Crippen LogP) is 2.41. The molecule has 124 valence electrons. The second-order valence-electron chi connectivity index (χ2n) is 5.09. The minimum absolute atomic E-state index is 0.592. The van der Waals surface area contributed by atoms with E-state index < -0.39 is 26.1 Å². The summed E-state index contributed by atoms with van der Waals surface area (Å²) < 4.78 is 0. The molecule has 0 spiro atoms. The van der Waals surface area contributed by atoms with E-state index in [9.17, 15) is 30.3 Å². The van der Waals surface area contributed by atoms with E-state index in [2.05, 4.69) is 0 Å². The summed E-state index contributed by atoms with van der Waals surface area (Å²) in [7, 11) is 0. The Bertz CT molecular complexity index is 724. The lowest BCUT2D eigenvalue weighted by molar-refractivity contribution is -0.986. The van der Waals surface area contributed by atoms with Crippen LogP contribution < -0.4 is 0 Å². The van der Waals surface area contributed by atoms with Crippen molar-refractivity contribution in [1.29, 1.82) is 0 Å². The van der Waals surface area contributed by atoms with Crippen molar-refractivity contribution in [3.05, 3.63) is 102 Å². The van der Waals surface area contributed by atoms with Gasteiger partial charge in [0, 0.05) is 0 Å². The van der Waals surface area contributed by atoms with E-state index in [0.717, 1.165) is 23.3 Å². The van der Waals surface area contributed by atoms with Crippen LogP contribution in [0.3, 0.4) is 0 Å². The Hall–Kier alpha value is -3.36. The van der Waals surface area contributed by atoms with Crippen LogP contribution in [0.4, 0.5) is 0 Å². The summed E-state index contributed by atoms with van der Waals surface area (Å²) in [4.78, 5) is 28.6. The van der Waals surface area contributed by atoms with E-state index >= 15 is 0 Å². The maximum Gasteiger partial charge on any atom is 0.728 e. The van der Waals surface area contributed by atoms with Crippen molar-refractivity contribution in [2.45, 2.75) is 18.6 Å². The Morgan fingerprint density at radius 2 is 1.08 bits per heavy atom. The highest BCUT2D eigenvalue weighted by Gasteiger charge is 2.72. The number of rotatable bonds is 7. The van der Waals surface area contributed by atoms with Crippen LogP contribution >= 0.6 is 0 Å². The zero-order valence-corrected chi connectivity index (χ0v) is 12.4. The highest BCUT2D eigenvalue weighted by Crippen LogP contribution is 2.27. The summed E-state index contributed by atoms with van der Waals surface area (Å²) in [5.74, 6) is -3.59. The van der Waals surface area contributed by atoms with Gasteiger partial charge in [-0.1, -0.05) is 42.5 Å². The van der Waals surface area contributed by atoms with E-state index in [1.54, 1.807) is 0 Å². The minimum atomic E-state index is -3.59. The predicted molar refractivity (Wildman–Crippen MR) is 83.0 cm³/mol. The van der Waals surface area contributed by atoms with Crippen molar-refractivity contribution in [2.75, 3.05) is 0 Å². The summed E-state index contributed by atoms with van der Waals surface area (Å²) in [5, 5.41) is 33.1. The van der Waals surface area contributed by atoms with Crippen molar-refractivity contribution in [3.8, 4) is 0 Å². The number of hydrogen-bond acceptors (Lipinski definition) is 6. The summed E-state index contributed by atoms with van der Waals surface area (Å²) in [6, 6.07) is 14.6. The maximum absolute atomic E-state index is 11.0. The molecule has 0 bridgehead atoms. The lowest BCUT2D eigenvalue weighted by Gasteiger charge is -2.09. The third-order valence-electron chi connectivity index (χ3n) is 3.65. The lowest BCUT2D eigenvalue weighted by atomic mass is 10.0. The molecule has 0 aliphatic rings.